The van der Waals surface area contributed by atoms with Crippen LogP contribution in [0.4, 0.5) is 14.5 Å². The summed E-state index contributed by atoms with van der Waals surface area (Å²) in [5.41, 5.74) is -0.390. The molecule has 1 heterocycles. The van der Waals surface area contributed by atoms with Gasteiger partial charge in [0.25, 0.3) is 0 Å². The average molecular weight is 257 g/mol. The number of methoxy groups -OCH3 is 1. The van der Waals surface area contributed by atoms with Crippen molar-refractivity contribution in [2.24, 2.45) is 0 Å². The van der Waals surface area contributed by atoms with Crippen molar-refractivity contribution in [3.05, 3.63) is 29.3 Å². The topological polar surface area (TPSA) is 47.6 Å². The number of hydrogen-bond acceptors (Lipinski definition) is 4. The first-order valence-corrected chi connectivity index (χ1v) is 5.54. The third kappa shape index (κ3) is 2.43. The molecule has 1 aliphatic rings. The second-order valence-corrected chi connectivity index (χ2v) is 3.99. The Hall–Kier alpha value is -1.69. The molecule has 0 aliphatic carbocycles. The zero-order valence-corrected chi connectivity index (χ0v) is 9.83. The molecule has 1 unspecified atom stereocenters. The van der Waals surface area contributed by atoms with Crippen LogP contribution in [0.2, 0.25) is 0 Å². The van der Waals surface area contributed by atoms with E-state index >= 15 is 0 Å². The highest BCUT2D eigenvalue weighted by atomic mass is 19.2. The van der Waals surface area contributed by atoms with E-state index in [1.54, 1.807) is 0 Å². The minimum Gasteiger partial charge on any atom is -0.465 e. The van der Waals surface area contributed by atoms with Crippen LogP contribution in [0.25, 0.3) is 0 Å². The number of nitrogens with one attached hydrogen (secondary N) is 1. The molecule has 0 amide bonds. The first-order valence-electron chi connectivity index (χ1n) is 5.54. The molecule has 1 fully saturated rings. The van der Waals surface area contributed by atoms with Gasteiger partial charge in [-0.15, -0.1) is 0 Å². The second kappa shape index (κ2) is 5.30. The van der Waals surface area contributed by atoms with Crippen LogP contribution < -0.4 is 5.32 Å². The number of halogens is 2. The van der Waals surface area contributed by atoms with Crippen molar-refractivity contribution in [1.29, 1.82) is 0 Å². The molecule has 0 aromatic heterocycles. The molecular weight excluding hydrogens is 244 g/mol. The third-order valence-corrected chi connectivity index (χ3v) is 2.78. The van der Waals surface area contributed by atoms with E-state index in [4.69, 9.17) is 4.74 Å². The van der Waals surface area contributed by atoms with E-state index in [2.05, 4.69) is 10.1 Å². The molecule has 0 radical (unpaired) electrons. The smallest absolute Gasteiger partial charge is 0.340 e. The van der Waals surface area contributed by atoms with Crippen LogP contribution in [-0.2, 0) is 9.47 Å². The van der Waals surface area contributed by atoms with Gasteiger partial charge in [-0.2, -0.15) is 0 Å². The molecular formula is C12H13F2NO3. The van der Waals surface area contributed by atoms with Crippen LogP contribution in [0.3, 0.4) is 0 Å². The molecule has 0 saturated carbocycles. The number of benzene rings is 1. The predicted molar refractivity (Wildman–Crippen MR) is 60.5 cm³/mol. The normalized spacial score (nSPS) is 18.7. The van der Waals surface area contributed by atoms with Crippen molar-refractivity contribution in [1.82, 2.24) is 0 Å². The molecule has 2 rings (SSSR count). The Morgan fingerprint density at radius 1 is 1.44 bits per heavy atom. The van der Waals surface area contributed by atoms with E-state index in [0.717, 1.165) is 13.5 Å². The van der Waals surface area contributed by atoms with Crippen LogP contribution in [0.5, 0.6) is 0 Å². The van der Waals surface area contributed by atoms with Gasteiger partial charge in [-0.1, -0.05) is 0 Å². The lowest BCUT2D eigenvalue weighted by Gasteiger charge is -2.14. The maximum Gasteiger partial charge on any atom is 0.340 e. The number of hydrogen-bond donors (Lipinski definition) is 1. The largest absolute Gasteiger partial charge is 0.465 e. The molecule has 18 heavy (non-hydrogen) atoms. The summed E-state index contributed by atoms with van der Waals surface area (Å²) in [5.74, 6) is -3.18. The predicted octanol–water partition coefficient (Wildman–Crippen LogP) is 1.95. The van der Waals surface area contributed by atoms with Crippen LogP contribution >= 0.6 is 0 Å². The summed E-state index contributed by atoms with van der Waals surface area (Å²) in [6, 6.07) is 2.48. The standard InChI is InChI=1S/C12H13F2NO3/c1-17-12(16)8-2-3-9(11(14)10(8)13)15-7-4-5-18-6-7/h2-3,7,15H,4-6H2,1H3. The summed E-state index contributed by atoms with van der Waals surface area (Å²) in [6.45, 7) is 1.06. The summed E-state index contributed by atoms with van der Waals surface area (Å²) >= 11 is 0. The van der Waals surface area contributed by atoms with Gasteiger partial charge in [0.1, 0.15) is 0 Å². The van der Waals surface area contributed by atoms with E-state index < -0.39 is 23.2 Å². The minimum atomic E-state index is -1.20. The lowest BCUT2D eigenvalue weighted by molar-refractivity contribution is 0.0594. The number of rotatable bonds is 3. The van der Waals surface area contributed by atoms with Crippen LogP contribution in [0.1, 0.15) is 16.8 Å². The molecule has 1 saturated heterocycles. The molecule has 1 aromatic carbocycles. The van der Waals surface area contributed by atoms with E-state index in [0.29, 0.717) is 13.2 Å². The molecule has 1 aliphatic heterocycles. The van der Waals surface area contributed by atoms with Crippen molar-refractivity contribution < 1.29 is 23.0 Å². The number of carbonyl (C=O) groups excluding carboxylic acids is 1. The zero-order chi connectivity index (χ0) is 13.1. The Morgan fingerprint density at radius 2 is 2.22 bits per heavy atom. The van der Waals surface area contributed by atoms with E-state index in [1.807, 2.05) is 0 Å². The molecule has 6 heteroatoms. The van der Waals surface area contributed by atoms with Gasteiger partial charge in [0.2, 0.25) is 0 Å². The van der Waals surface area contributed by atoms with Crippen molar-refractivity contribution in [2.75, 3.05) is 25.6 Å². The summed E-state index contributed by atoms with van der Waals surface area (Å²) < 4.78 is 36.8. The monoisotopic (exact) mass is 257 g/mol. The molecule has 0 bridgehead atoms. The average Bonchev–Trinajstić information content (AvgIpc) is 2.87. The van der Waals surface area contributed by atoms with Crippen molar-refractivity contribution in [2.45, 2.75) is 12.5 Å². The van der Waals surface area contributed by atoms with Gasteiger partial charge in [0.05, 0.1) is 31.0 Å². The quantitative estimate of drug-likeness (QED) is 0.841. The zero-order valence-electron chi connectivity index (χ0n) is 9.83. The lowest BCUT2D eigenvalue weighted by atomic mass is 10.1. The Balaban J connectivity index is 2.22. The number of anilines is 1. The fourth-order valence-electron chi connectivity index (χ4n) is 1.80. The van der Waals surface area contributed by atoms with Crippen molar-refractivity contribution in [3.63, 3.8) is 0 Å². The summed E-state index contributed by atoms with van der Waals surface area (Å²) in [7, 11) is 1.11. The van der Waals surface area contributed by atoms with Gasteiger partial charge in [-0.05, 0) is 18.6 Å². The Bertz CT molecular complexity index is 459. The molecule has 98 valence electrons. The maximum absolute atomic E-state index is 13.7. The van der Waals surface area contributed by atoms with E-state index in [9.17, 15) is 13.6 Å². The summed E-state index contributed by atoms with van der Waals surface area (Å²) in [5, 5.41) is 2.84. The van der Waals surface area contributed by atoms with Gasteiger partial charge in [-0.3, -0.25) is 0 Å². The molecule has 1 atom stereocenters. The fraction of sp³-hybridized carbons (Fsp3) is 0.417. The summed E-state index contributed by atoms with van der Waals surface area (Å²) in [4.78, 5) is 11.2. The Kier molecular flexibility index (Phi) is 3.76. The molecule has 1 N–H and O–H groups in total. The van der Waals surface area contributed by atoms with E-state index in [1.165, 1.54) is 12.1 Å². The maximum atomic E-state index is 13.7. The second-order valence-electron chi connectivity index (χ2n) is 3.99. The van der Waals surface area contributed by atoms with Crippen LogP contribution in [0, 0.1) is 11.6 Å². The SMILES string of the molecule is COC(=O)c1ccc(NC2CCOC2)c(F)c1F. The third-order valence-electron chi connectivity index (χ3n) is 2.78. The summed E-state index contributed by atoms with van der Waals surface area (Å²) in [6.07, 6.45) is 0.736. The van der Waals surface area contributed by atoms with Gasteiger partial charge < -0.3 is 14.8 Å². The molecule has 0 spiro atoms. The van der Waals surface area contributed by atoms with Gasteiger partial charge in [0.15, 0.2) is 11.6 Å². The highest BCUT2D eigenvalue weighted by Gasteiger charge is 2.22. The fourth-order valence-corrected chi connectivity index (χ4v) is 1.80. The Labute approximate surface area is 103 Å². The molecule has 4 nitrogen and oxygen atoms in total. The lowest BCUT2D eigenvalue weighted by Crippen LogP contribution is -2.20. The minimum absolute atomic E-state index is 0.0238. The van der Waals surface area contributed by atoms with Gasteiger partial charge in [-0.25, -0.2) is 13.6 Å². The number of carbonyl (C=O) groups is 1. The number of ether oxygens (including phenoxy) is 2. The van der Waals surface area contributed by atoms with Gasteiger partial charge >= 0.3 is 5.97 Å². The van der Waals surface area contributed by atoms with E-state index in [-0.39, 0.29) is 11.7 Å². The first kappa shape index (κ1) is 12.8. The van der Waals surface area contributed by atoms with Crippen LogP contribution in [0.15, 0.2) is 12.1 Å². The van der Waals surface area contributed by atoms with Gasteiger partial charge in [0, 0.05) is 6.61 Å². The highest BCUT2D eigenvalue weighted by Crippen LogP contribution is 2.23. The molecule has 1 aromatic rings. The number of esters is 1. The highest BCUT2D eigenvalue weighted by molar-refractivity contribution is 5.90. The first-order chi connectivity index (χ1) is 8.63. The Morgan fingerprint density at radius 3 is 2.83 bits per heavy atom. The van der Waals surface area contributed by atoms with Crippen molar-refractivity contribution in [3.8, 4) is 0 Å². The van der Waals surface area contributed by atoms with Crippen LogP contribution in [-0.4, -0.2) is 32.3 Å². The van der Waals surface area contributed by atoms with Crippen molar-refractivity contribution >= 4 is 11.7 Å².